The van der Waals surface area contributed by atoms with E-state index in [4.69, 9.17) is 11.5 Å². The van der Waals surface area contributed by atoms with Crippen LogP contribution in [0.1, 0.15) is 36.0 Å². The predicted molar refractivity (Wildman–Crippen MR) is 71.5 cm³/mol. The predicted octanol–water partition coefficient (Wildman–Crippen LogP) is 0.787. The fourth-order valence-electron chi connectivity index (χ4n) is 2.35. The van der Waals surface area contributed by atoms with Gasteiger partial charge in [-0.25, -0.2) is 0 Å². The Morgan fingerprint density at radius 1 is 1.56 bits per heavy atom. The van der Waals surface area contributed by atoms with Crippen LogP contribution in [0.15, 0.2) is 0 Å². The lowest BCUT2D eigenvalue weighted by Crippen LogP contribution is -2.25. The Hall–Kier alpha value is -1.34. The van der Waals surface area contributed by atoms with E-state index in [1.54, 1.807) is 0 Å². The van der Waals surface area contributed by atoms with Crippen molar-refractivity contribution in [3.8, 4) is 0 Å². The van der Waals surface area contributed by atoms with E-state index in [-0.39, 0.29) is 17.5 Å². The van der Waals surface area contributed by atoms with Crippen molar-refractivity contribution in [1.82, 2.24) is 4.37 Å². The fraction of sp³-hybridized carbons (Fsp3) is 0.636. The Morgan fingerprint density at radius 2 is 2.33 bits per heavy atom. The fourth-order valence-corrected chi connectivity index (χ4v) is 3.07. The van der Waals surface area contributed by atoms with Crippen LogP contribution in [-0.4, -0.2) is 28.0 Å². The van der Waals surface area contributed by atoms with Crippen molar-refractivity contribution in [3.05, 3.63) is 5.56 Å². The van der Waals surface area contributed by atoms with Crippen LogP contribution in [0.5, 0.6) is 0 Å². The lowest BCUT2D eigenvalue weighted by atomic mass is 9.87. The molecule has 1 fully saturated rings. The van der Waals surface area contributed by atoms with Crippen molar-refractivity contribution >= 4 is 28.3 Å². The second kappa shape index (κ2) is 5.53. The number of anilines is 2. The number of primary amides is 1. The van der Waals surface area contributed by atoms with E-state index < -0.39 is 5.91 Å². The van der Waals surface area contributed by atoms with Gasteiger partial charge in [0.05, 0.1) is 6.10 Å². The summed E-state index contributed by atoms with van der Waals surface area (Å²) in [6.07, 6.45) is 3.61. The molecule has 2 rings (SSSR count). The summed E-state index contributed by atoms with van der Waals surface area (Å²) in [7, 11) is 0. The van der Waals surface area contributed by atoms with Gasteiger partial charge in [-0.05, 0) is 36.7 Å². The molecule has 1 aliphatic carbocycles. The molecule has 7 heteroatoms. The Balaban J connectivity index is 1.96. The molecule has 0 saturated heterocycles. The summed E-state index contributed by atoms with van der Waals surface area (Å²) in [6.45, 7) is 0.707. The lowest BCUT2D eigenvalue weighted by molar-refractivity contribution is 0.0999. The van der Waals surface area contributed by atoms with Gasteiger partial charge in [0, 0.05) is 6.54 Å². The summed E-state index contributed by atoms with van der Waals surface area (Å²) < 4.78 is 3.92. The normalized spacial score (nSPS) is 23.8. The lowest BCUT2D eigenvalue weighted by Gasteiger charge is -2.26. The first kappa shape index (κ1) is 13.1. The van der Waals surface area contributed by atoms with Crippen LogP contribution >= 0.6 is 11.5 Å². The number of carbonyl (C=O) groups excluding carboxylic acids is 1. The second-order valence-electron chi connectivity index (χ2n) is 4.70. The number of aliphatic hydroxyl groups excluding tert-OH is 1. The van der Waals surface area contributed by atoms with Gasteiger partial charge in [0.25, 0.3) is 5.91 Å². The van der Waals surface area contributed by atoms with Crippen LogP contribution < -0.4 is 16.8 Å². The Bertz CT molecular complexity index is 435. The van der Waals surface area contributed by atoms with Crippen molar-refractivity contribution in [2.45, 2.75) is 31.8 Å². The number of amides is 1. The van der Waals surface area contributed by atoms with Crippen molar-refractivity contribution in [1.29, 1.82) is 0 Å². The number of rotatable bonds is 4. The largest absolute Gasteiger partial charge is 0.393 e. The molecule has 18 heavy (non-hydrogen) atoms. The Morgan fingerprint density at radius 3 is 3.00 bits per heavy atom. The molecule has 1 aromatic rings. The number of nitrogens with two attached hydrogens (primary N) is 2. The van der Waals surface area contributed by atoms with Crippen LogP contribution in [0.3, 0.4) is 0 Å². The second-order valence-corrected chi connectivity index (χ2v) is 5.48. The summed E-state index contributed by atoms with van der Waals surface area (Å²) in [5, 5.41) is 13.4. The first-order valence-corrected chi connectivity index (χ1v) is 6.82. The summed E-state index contributed by atoms with van der Waals surface area (Å²) >= 11 is 1.14. The maximum absolute atomic E-state index is 11.2. The van der Waals surface area contributed by atoms with Crippen LogP contribution in [0.25, 0.3) is 0 Å². The molecule has 1 aromatic heterocycles. The highest BCUT2D eigenvalue weighted by Gasteiger charge is 2.22. The van der Waals surface area contributed by atoms with Crippen LogP contribution in [0, 0.1) is 5.92 Å². The van der Waals surface area contributed by atoms with Gasteiger partial charge in [0.2, 0.25) is 0 Å². The quantitative estimate of drug-likeness (QED) is 0.645. The molecular weight excluding hydrogens is 252 g/mol. The third kappa shape index (κ3) is 2.91. The average molecular weight is 270 g/mol. The highest BCUT2D eigenvalue weighted by atomic mass is 32.1. The number of aromatic nitrogens is 1. The number of carbonyl (C=O) groups is 1. The van der Waals surface area contributed by atoms with E-state index in [1.165, 1.54) is 0 Å². The van der Waals surface area contributed by atoms with Gasteiger partial charge in [-0.1, -0.05) is 6.42 Å². The monoisotopic (exact) mass is 270 g/mol. The molecule has 0 aliphatic heterocycles. The van der Waals surface area contributed by atoms with Crippen molar-refractivity contribution in [2.75, 3.05) is 17.6 Å². The summed E-state index contributed by atoms with van der Waals surface area (Å²) in [5.41, 5.74) is 11.1. The van der Waals surface area contributed by atoms with Gasteiger partial charge < -0.3 is 21.9 Å². The summed E-state index contributed by atoms with van der Waals surface area (Å²) in [5.74, 6) is 0.0314. The maximum atomic E-state index is 11.2. The average Bonchev–Trinajstić information content (AvgIpc) is 2.68. The molecule has 1 saturated carbocycles. The van der Waals surface area contributed by atoms with E-state index in [1.807, 2.05) is 0 Å². The van der Waals surface area contributed by atoms with Crippen LogP contribution in [-0.2, 0) is 0 Å². The first-order valence-electron chi connectivity index (χ1n) is 6.04. The number of nitrogens with zero attached hydrogens (tertiary/aromatic N) is 1. The van der Waals surface area contributed by atoms with Crippen LogP contribution in [0.4, 0.5) is 10.8 Å². The van der Waals surface area contributed by atoms with Gasteiger partial charge in [-0.15, -0.1) is 0 Å². The van der Waals surface area contributed by atoms with Crippen molar-refractivity contribution in [3.63, 3.8) is 0 Å². The van der Waals surface area contributed by atoms with E-state index in [0.29, 0.717) is 17.5 Å². The number of hydrogen-bond acceptors (Lipinski definition) is 6. The molecule has 6 nitrogen and oxygen atoms in total. The van der Waals surface area contributed by atoms with E-state index in [9.17, 15) is 9.90 Å². The molecule has 1 heterocycles. The third-order valence-corrected chi connectivity index (χ3v) is 4.09. The zero-order valence-corrected chi connectivity index (χ0v) is 10.9. The molecule has 6 N–H and O–H groups in total. The van der Waals surface area contributed by atoms with E-state index in [0.717, 1.165) is 37.2 Å². The topological polar surface area (TPSA) is 114 Å². The molecule has 1 aliphatic rings. The third-order valence-electron chi connectivity index (χ3n) is 3.27. The highest BCUT2D eigenvalue weighted by Crippen LogP contribution is 2.29. The zero-order chi connectivity index (χ0) is 13.1. The van der Waals surface area contributed by atoms with Gasteiger partial charge >= 0.3 is 0 Å². The van der Waals surface area contributed by atoms with Crippen molar-refractivity contribution < 1.29 is 9.90 Å². The number of aliphatic hydroxyl groups is 1. The number of nitrogen functional groups attached to an aromatic ring is 1. The minimum absolute atomic E-state index is 0.179. The minimum atomic E-state index is -0.563. The molecule has 0 bridgehead atoms. The van der Waals surface area contributed by atoms with Gasteiger partial charge in [-0.3, -0.25) is 4.79 Å². The minimum Gasteiger partial charge on any atom is -0.393 e. The van der Waals surface area contributed by atoms with E-state index in [2.05, 4.69) is 9.69 Å². The molecule has 2 atom stereocenters. The number of hydrogen-bond donors (Lipinski definition) is 4. The zero-order valence-electron chi connectivity index (χ0n) is 10.1. The van der Waals surface area contributed by atoms with Gasteiger partial charge in [-0.2, -0.15) is 4.37 Å². The smallest absolute Gasteiger partial charge is 0.255 e. The molecule has 1 amide bonds. The highest BCUT2D eigenvalue weighted by molar-refractivity contribution is 7.11. The maximum Gasteiger partial charge on any atom is 0.255 e. The Labute approximate surface area is 110 Å². The molecule has 2 unspecified atom stereocenters. The SMILES string of the molecule is NC(=O)c1c(N)nsc1NCC1CCCC(O)C1. The van der Waals surface area contributed by atoms with Crippen molar-refractivity contribution in [2.24, 2.45) is 11.7 Å². The summed E-state index contributed by atoms with van der Waals surface area (Å²) in [4.78, 5) is 11.2. The molecule has 0 aromatic carbocycles. The van der Waals surface area contributed by atoms with E-state index >= 15 is 0 Å². The van der Waals surface area contributed by atoms with Gasteiger partial charge in [0.1, 0.15) is 10.6 Å². The first-order chi connectivity index (χ1) is 8.58. The molecule has 0 spiro atoms. The standard InChI is InChI=1S/C11H18N4O2S/c12-9-8(10(13)17)11(18-15-9)14-5-6-2-1-3-7(16)4-6/h6-7,14,16H,1-5H2,(H2,12,15)(H2,13,17). The van der Waals surface area contributed by atoms with Gasteiger partial charge in [0.15, 0.2) is 5.82 Å². The molecule has 0 radical (unpaired) electrons. The molecular formula is C11H18N4O2S. The Kier molecular flexibility index (Phi) is 4.03. The number of nitrogens with one attached hydrogen (secondary N) is 1. The molecule has 100 valence electrons. The van der Waals surface area contributed by atoms with Crippen LogP contribution in [0.2, 0.25) is 0 Å². The summed E-state index contributed by atoms with van der Waals surface area (Å²) in [6, 6.07) is 0.